The summed E-state index contributed by atoms with van der Waals surface area (Å²) in [6, 6.07) is 10.2. The molecule has 1 N–H and O–H groups in total. The molecular formula is C33H45N5O6S. The molecule has 244 valence electrons. The molecule has 2 heterocycles. The highest BCUT2D eigenvalue weighted by atomic mass is 32.2. The van der Waals surface area contributed by atoms with Crippen molar-refractivity contribution in [3.05, 3.63) is 47.8 Å². The van der Waals surface area contributed by atoms with Gasteiger partial charge in [0.05, 0.1) is 12.3 Å². The molecule has 1 aliphatic heterocycles. The van der Waals surface area contributed by atoms with E-state index in [1.165, 1.54) is 25.7 Å². The predicted octanol–water partition coefficient (Wildman–Crippen LogP) is 4.84. The summed E-state index contributed by atoms with van der Waals surface area (Å²) in [6.45, 7) is 8.54. The number of carbonyl (C=O) groups is 4. The lowest BCUT2D eigenvalue weighted by molar-refractivity contribution is -0.155. The molecule has 1 aliphatic carbocycles. The first-order chi connectivity index (χ1) is 21.5. The van der Waals surface area contributed by atoms with E-state index in [-0.39, 0.29) is 44.1 Å². The number of nitrogens with one attached hydrogen (secondary N) is 1. The van der Waals surface area contributed by atoms with Crippen molar-refractivity contribution >= 4 is 35.6 Å². The van der Waals surface area contributed by atoms with Gasteiger partial charge in [-0.25, -0.2) is 14.8 Å². The molecule has 1 saturated heterocycles. The maximum Gasteiger partial charge on any atom is 0.409 e. The van der Waals surface area contributed by atoms with Crippen molar-refractivity contribution in [3.63, 3.8) is 0 Å². The number of hydrogen-bond donors (Lipinski definition) is 1. The highest BCUT2D eigenvalue weighted by Crippen LogP contribution is 2.31. The fraction of sp³-hybridized carbons (Fsp3) is 0.576. The Balaban J connectivity index is 1.53. The molecule has 2 aromatic rings. The zero-order chi connectivity index (χ0) is 32.4. The quantitative estimate of drug-likeness (QED) is 0.343. The third kappa shape index (κ3) is 10.4. The number of ether oxygens (including phenoxy) is 2. The summed E-state index contributed by atoms with van der Waals surface area (Å²) in [7, 11) is 0. The Morgan fingerprint density at radius 1 is 1.00 bits per heavy atom. The van der Waals surface area contributed by atoms with Gasteiger partial charge in [-0.3, -0.25) is 14.4 Å². The summed E-state index contributed by atoms with van der Waals surface area (Å²) in [5.74, 6) is -0.212. The first kappa shape index (κ1) is 34.2. The van der Waals surface area contributed by atoms with Gasteiger partial charge in [0.1, 0.15) is 17.3 Å². The summed E-state index contributed by atoms with van der Waals surface area (Å²) in [4.78, 5) is 64.8. The number of hydrogen-bond acceptors (Lipinski definition) is 9. The SMILES string of the molecule is CCOC(=O)N1CCN(C(=O)C(CCC(=O)OC(C)(C)C)NC(=O)c2cc(CSC3CCCC3)nc(-c3ccccc3)n2)CC1. The molecule has 45 heavy (non-hydrogen) atoms. The molecule has 1 aromatic heterocycles. The van der Waals surface area contributed by atoms with E-state index in [1.807, 2.05) is 42.1 Å². The molecule has 1 aromatic carbocycles. The van der Waals surface area contributed by atoms with Crippen molar-refractivity contribution in [2.45, 2.75) is 88.9 Å². The lowest BCUT2D eigenvalue weighted by Crippen LogP contribution is -2.56. The monoisotopic (exact) mass is 639 g/mol. The van der Waals surface area contributed by atoms with E-state index in [0.29, 0.717) is 29.9 Å². The minimum Gasteiger partial charge on any atom is -0.460 e. The Kier molecular flexibility index (Phi) is 12.2. The zero-order valence-corrected chi connectivity index (χ0v) is 27.6. The standard InChI is InChI=1S/C33H45N5O6S/c1-5-43-32(42)38-19-17-37(18-20-38)31(41)26(15-16-28(39)44-33(2,3)4)36-30(40)27-21-24(22-45-25-13-9-10-14-25)34-29(35-27)23-11-7-6-8-12-23/h6-8,11-12,21,25-26H,5,9-10,13-20,22H2,1-4H3,(H,36,40). The number of esters is 1. The van der Waals surface area contributed by atoms with Crippen molar-refractivity contribution in [2.24, 2.45) is 0 Å². The summed E-state index contributed by atoms with van der Waals surface area (Å²) in [5.41, 5.74) is 1.02. The molecule has 0 radical (unpaired) electrons. The van der Waals surface area contributed by atoms with Crippen LogP contribution in [0.15, 0.2) is 36.4 Å². The molecule has 3 amide bonds. The fourth-order valence-electron chi connectivity index (χ4n) is 5.35. The Morgan fingerprint density at radius 2 is 1.67 bits per heavy atom. The number of thioether (sulfide) groups is 1. The Bertz CT molecular complexity index is 1320. The van der Waals surface area contributed by atoms with Crippen molar-refractivity contribution < 1.29 is 28.7 Å². The third-order valence-electron chi connectivity index (χ3n) is 7.59. The minimum atomic E-state index is -0.995. The molecule has 4 rings (SSSR count). The van der Waals surface area contributed by atoms with Gasteiger partial charge in [0.25, 0.3) is 5.91 Å². The summed E-state index contributed by atoms with van der Waals surface area (Å²) in [5, 5.41) is 3.45. The van der Waals surface area contributed by atoms with Crippen LogP contribution in [-0.2, 0) is 24.8 Å². The molecular weight excluding hydrogens is 594 g/mol. The van der Waals surface area contributed by atoms with Gasteiger partial charge in [-0.1, -0.05) is 43.2 Å². The second kappa shape index (κ2) is 16.1. The fourth-order valence-corrected chi connectivity index (χ4v) is 6.57. The maximum absolute atomic E-state index is 13.8. The highest BCUT2D eigenvalue weighted by Gasteiger charge is 2.32. The molecule has 2 aliphatic rings. The van der Waals surface area contributed by atoms with Crippen LogP contribution in [0.5, 0.6) is 0 Å². The van der Waals surface area contributed by atoms with Crippen LogP contribution in [0, 0.1) is 0 Å². The van der Waals surface area contributed by atoms with E-state index in [4.69, 9.17) is 14.5 Å². The predicted molar refractivity (Wildman–Crippen MR) is 173 cm³/mol. The van der Waals surface area contributed by atoms with Crippen LogP contribution in [0.4, 0.5) is 4.79 Å². The average molecular weight is 640 g/mol. The van der Waals surface area contributed by atoms with Crippen LogP contribution < -0.4 is 5.32 Å². The van der Waals surface area contributed by atoms with Gasteiger partial charge in [-0.15, -0.1) is 0 Å². The van der Waals surface area contributed by atoms with Crippen LogP contribution in [0.2, 0.25) is 0 Å². The van der Waals surface area contributed by atoms with E-state index < -0.39 is 29.6 Å². The van der Waals surface area contributed by atoms with Crippen molar-refractivity contribution in [3.8, 4) is 11.4 Å². The Labute approximate surface area is 269 Å². The number of carbonyl (C=O) groups excluding carboxylic acids is 4. The lowest BCUT2D eigenvalue weighted by Gasteiger charge is -2.36. The number of aromatic nitrogens is 2. The van der Waals surface area contributed by atoms with Gasteiger partial charge >= 0.3 is 12.1 Å². The van der Waals surface area contributed by atoms with Gasteiger partial charge in [0.15, 0.2) is 5.82 Å². The average Bonchev–Trinajstić information content (AvgIpc) is 3.55. The zero-order valence-electron chi connectivity index (χ0n) is 26.8. The molecule has 1 atom stereocenters. The highest BCUT2D eigenvalue weighted by molar-refractivity contribution is 7.99. The van der Waals surface area contributed by atoms with Crippen LogP contribution in [-0.4, -0.2) is 93.3 Å². The van der Waals surface area contributed by atoms with Crippen molar-refractivity contribution in [1.29, 1.82) is 0 Å². The van der Waals surface area contributed by atoms with E-state index in [1.54, 1.807) is 43.6 Å². The van der Waals surface area contributed by atoms with Crippen molar-refractivity contribution in [1.82, 2.24) is 25.1 Å². The first-order valence-electron chi connectivity index (χ1n) is 15.8. The number of amides is 3. The molecule has 0 bridgehead atoms. The molecule has 0 spiro atoms. The van der Waals surface area contributed by atoms with E-state index in [9.17, 15) is 19.2 Å². The Morgan fingerprint density at radius 3 is 2.31 bits per heavy atom. The third-order valence-corrected chi connectivity index (χ3v) is 9.00. The number of benzene rings is 1. The van der Waals surface area contributed by atoms with E-state index >= 15 is 0 Å². The van der Waals surface area contributed by atoms with Crippen LogP contribution in [0.25, 0.3) is 11.4 Å². The smallest absolute Gasteiger partial charge is 0.409 e. The van der Waals surface area contributed by atoms with Gasteiger partial charge in [-0.2, -0.15) is 11.8 Å². The van der Waals surface area contributed by atoms with Gasteiger partial charge < -0.3 is 24.6 Å². The molecule has 2 fully saturated rings. The largest absolute Gasteiger partial charge is 0.460 e. The first-order valence-corrected chi connectivity index (χ1v) is 16.9. The number of nitrogens with zero attached hydrogens (tertiary/aromatic N) is 4. The lowest BCUT2D eigenvalue weighted by atomic mass is 10.1. The van der Waals surface area contributed by atoms with Crippen LogP contribution in [0.1, 0.15) is 82.4 Å². The second-order valence-electron chi connectivity index (χ2n) is 12.3. The molecule has 12 heteroatoms. The van der Waals surface area contributed by atoms with Gasteiger partial charge in [0.2, 0.25) is 5.91 Å². The summed E-state index contributed by atoms with van der Waals surface area (Å²) >= 11 is 1.85. The maximum atomic E-state index is 13.8. The van der Waals surface area contributed by atoms with E-state index in [2.05, 4.69) is 10.3 Å². The second-order valence-corrected chi connectivity index (χ2v) is 13.6. The topological polar surface area (TPSA) is 131 Å². The number of piperazine rings is 1. The van der Waals surface area contributed by atoms with Crippen LogP contribution >= 0.6 is 11.8 Å². The van der Waals surface area contributed by atoms with Crippen LogP contribution in [0.3, 0.4) is 0 Å². The molecule has 1 saturated carbocycles. The van der Waals surface area contributed by atoms with Gasteiger partial charge in [0, 0.05) is 49.2 Å². The van der Waals surface area contributed by atoms with E-state index in [0.717, 1.165) is 11.3 Å². The normalized spacial score (nSPS) is 16.3. The number of rotatable bonds is 11. The molecule has 11 nitrogen and oxygen atoms in total. The molecule has 1 unspecified atom stereocenters. The Hall–Kier alpha value is -3.67. The van der Waals surface area contributed by atoms with Gasteiger partial charge in [-0.05, 0) is 53.0 Å². The summed E-state index contributed by atoms with van der Waals surface area (Å²) in [6.07, 6.45) is 4.42. The minimum absolute atomic E-state index is 0.0542. The summed E-state index contributed by atoms with van der Waals surface area (Å²) < 4.78 is 10.5. The van der Waals surface area contributed by atoms with Crippen molar-refractivity contribution in [2.75, 3.05) is 32.8 Å².